The molecule has 1 aliphatic carbocycles. The van der Waals surface area contributed by atoms with Crippen molar-refractivity contribution in [3.05, 3.63) is 186 Å². The zero-order valence-electron chi connectivity index (χ0n) is 28.0. The van der Waals surface area contributed by atoms with E-state index in [0.29, 0.717) is 0 Å². The van der Waals surface area contributed by atoms with Crippen LogP contribution in [0.3, 0.4) is 0 Å². The van der Waals surface area contributed by atoms with Crippen LogP contribution in [0.1, 0.15) is 70.7 Å². The molecule has 228 valence electrons. The van der Waals surface area contributed by atoms with Gasteiger partial charge in [0.1, 0.15) is 0 Å². The van der Waals surface area contributed by atoms with E-state index in [1.807, 2.05) is 81.4 Å². The summed E-state index contributed by atoms with van der Waals surface area (Å²) in [5.41, 5.74) is 16.1. The zero-order valence-corrected chi connectivity index (χ0v) is 30.7. The molecule has 44 heavy (non-hydrogen) atoms. The van der Waals surface area contributed by atoms with E-state index in [2.05, 4.69) is 108 Å². The Morgan fingerprint density at radius 1 is 0.636 bits per heavy atom. The molecule has 1 nitrogen and oxygen atoms in total. The molecule has 5 rings (SSSR count). The Morgan fingerprint density at radius 3 is 1.16 bits per heavy atom. The smallest absolute Gasteiger partial charge is 0.673 e. The third kappa shape index (κ3) is 14.6. The van der Waals surface area contributed by atoms with Crippen molar-refractivity contribution in [1.82, 2.24) is 0 Å². The molecular weight excluding hydrogens is 582 g/mol. The fourth-order valence-electron chi connectivity index (χ4n) is 4.89. The van der Waals surface area contributed by atoms with Gasteiger partial charge in [-0.15, -0.1) is 36.7 Å². The molecule has 0 amide bonds. The van der Waals surface area contributed by atoms with Gasteiger partial charge in [0, 0.05) is 8.80 Å². The van der Waals surface area contributed by atoms with Crippen LogP contribution in [0.15, 0.2) is 138 Å². The first kappa shape index (κ1) is 39.0. The minimum atomic E-state index is -1.18. The van der Waals surface area contributed by atoms with Gasteiger partial charge in [0.05, 0.1) is 0 Å². The standard InChI is InChI=1S/C23H27Si.2C7H7.C4H10N.Ti/c1-18-15-23(4,20(3)19(18)2)24(16-21-11-7-5-8-12-21)17-22-13-9-6-10-14-22;2*1-7-5-3-2-4-6-7;1-4(2,3)5;/h5-14,24H,16-17H2,1-4H3;2*2-6H,1H2;5H,1-3H3;/q4*-1;+4. The van der Waals surface area contributed by atoms with Crippen molar-refractivity contribution in [2.24, 2.45) is 0 Å². The molecule has 4 aromatic carbocycles. The minimum Gasteiger partial charge on any atom is -0.673 e. The second kappa shape index (κ2) is 19.4. The quantitative estimate of drug-likeness (QED) is 0.154. The monoisotopic (exact) mass is 633 g/mol. The first-order chi connectivity index (χ1) is 20.3. The van der Waals surface area contributed by atoms with Crippen molar-refractivity contribution in [3.8, 4) is 0 Å². The molecule has 1 aliphatic rings. The summed E-state index contributed by atoms with van der Waals surface area (Å²) in [7, 11) is -1.18. The molecule has 1 atom stereocenters. The summed E-state index contributed by atoms with van der Waals surface area (Å²) < 4.78 is 0. The number of allylic oxidation sites excluding steroid dienone is 4. The largest absolute Gasteiger partial charge is 4.00 e. The van der Waals surface area contributed by atoms with E-state index in [1.54, 1.807) is 5.57 Å². The zero-order chi connectivity index (χ0) is 31.9. The Labute approximate surface area is 286 Å². The van der Waals surface area contributed by atoms with Crippen molar-refractivity contribution >= 4 is 8.80 Å². The van der Waals surface area contributed by atoms with Crippen LogP contribution >= 0.6 is 0 Å². The summed E-state index contributed by atoms with van der Waals surface area (Å²) in [6, 6.07) is 44.2. The van der Waals surface area contributed by atoms with E-state index >= 15 is 0 Å². The van der Waals surface area contributed by atoms with Gasteiger partial charge in [-0.25, -0.2) is 5.57 Å². The van der Waals surface area contributed by atoms with Crippen molar-refractivity contribution in [3.63, 3.8) is 0 Å². The maximum Gasteiger partial charge on any atom is 4.00 e. The molecule has 0 aromatic heterocycles. The number of hydrogen-bond acceptors (Lipinski definition) is 0. The van der Waals surface area contributed by atoms with Crippen LogP contribution < -0.4 is 0 Å². The molecule has 0 saturated carbocycles. The van der Waals surface area contributed by atoms with E-state index in [9.17, 15) is 0 Å². The SMILES string of the molecule is CC(C)(C)[NH-].CC1=[C-]C(C)([SiH](Cc2ccccc2)Cc2ccccc2)C(C)=C1C.[CH2-]c1ccccc1.[CH2-]c1ccccc1.[Ti+4]. The molecule has 0 spiro atoms. The maximum absolute atomic E-state index is 6.94. The van der Waals surface area contributed by atoms with Crippen LogP contribution in [0.4, 0.5) is 0 Å². The molecule has 0 aliphatic heterocycles. The fourth-order valence-corrected chi connectivity index (χ4v) is 8.78. The van der Waals surface area contributed by atoms with E-state index in [-0.39, 0.29) is 32.3 Å². The molecule has 0 radical (unpaired) electrons. The number of nitrogens with one attached hydrogen (secondary N) is 1. The van der Waals surface area contributed by atoms with Gasteiger partial charge in [-0.3, -0.25) is 6.08 Å². The number of benzene rings is 4. The molecule has 0 saturated heterocycles. The summed E-state index contributed by atoms with van der Waals surface area (Å²) in [5, 5.41) is 0.153. The Bertz CT molecular complexity index is 1310. The van der Waals surface area contributed by atoms with Gasteiger partial charge in [-0.2, -0.15) is 60.4 Å². The molecule has 1 N–H and O–H groups in total. The molecule has 4 aromatic rings. The van der Waals surface area contributed by atoms with E-state index < -0.39 is 8.80 Å². The fraction of sp³-hybridized carbons (Fsp3) is 0.268. The van der Waals surface area contributed by atoms with Gasteiger partial charge in [0.15, 0.2) is 0 Å². The summed E-state index contributed by atoms with van der Waals surface area (Å²) in [5.74, 6) is 0. The van der Waals surface area contributed by atoms with Gasteiger partial charge >= 0.3 is 21.7 Å². The van der Waals surface area contributed by atoms with Crippen molar-refractivity contribution in [1.29, 1.82) is 0 Å². The summed E-state index contributed by atoms with van der Waals surface area (Å²) in [6.07, 6.45) is 3.87. The van der Waals surface area contributed by atoms with E-state index in [4.69, 9.17) is 5.73 Å². The Balaban J connectivity index is 0.000000392. The normalized spacial score (nSPS) is 15.3. The van der Waals surface area contributed by atoms with Crippen LogP contribution in [-0.2, 0) is 33.8 Å². The number of rotatable bonds is 5. The van der Waals surface area contributed by atoms with Gasteiger partial charge in [0.2, 0.25) is 0 Å². The predicted molar refractivity (Wildman–Crippen MR) is 192 cm³/mol. The maximum atomic E-state index is 6.94. The van der Waals surface area contributed by atoms with Crippen molar-refractivity contribution in [2.75, 3.05) is 0 Å². The molecule has 0 heterocycles. The second-order valence-corrected chi connectivity index (χ2v) is 15.9. The third-order valence-corrected chi connectivity index (χ3v) is 11.6. The average Bonchev–Trinajstić information content (AvgIpc) is 3.17. The Kier molecular flexibility index (Phi) is 17.2. The Morgan fingerprint density at radius 2 is 0.932 bits per heavy atom. The summed E-state index contributed by atoms with van der Waals surface area (Å²) in [6.45, 7) is 22.3. The van der Waals surface area contributed by atoms with Gasteiger partial charge in [-0.05, 0) is 12.1 Å². The summed E-state index contributed by atoms with van der Waals surface area (Å²) in [4.78, 5) is 0. The summed E-state index contributed by atoms with van der Waals surface area (Å²) >= 11 is 0. The molecule has 0 fully saturated rings. The molecule has 3 heteroatoms. The second-order valence-electron chi connectivity index (χ2n) is 12.5. The van der Waals surface area contributed by atoms with Crippen LogP contribution in [-0.4, -0.2) is 14.3 Å². The van der Waals surface area contributed by atoms with E-state index in [1.165, 1.54) is 34.4 Å². The topological polar surface area (TPSA) is 23.8 Å². The third-order valence-electron chi connectivity index (χ3n) is 7.50. The minimum absolute atomic E-state index is 0. The van der Waals surface area contributed by atoms with Crippen LogP contribution in [0.25, 0.3) is 5.73 Å². The first-order valence-electron chi connectivity index (χ1n) is 15.2. The van der Waals surface area contributed by atoms with Crippen molar-refractivity contribution in [2.45, 2.75) is 71.1 Å². The number of hydrogen-bond donors (Lipinski definition) is 0. The van der Waals surface area contributed by atoms with Crippen molar-refractivity contribution < 1.29 is 21.7 Å². The van der Waals surface area contributed by atoms with Gasteiger partial charge in [0.25, 0.3) is 0 Å². The van der Waals surface area contributed by atoms with E-state index in [0.717, 1.165) is 11.1 Å². The van der Waals surface area contributed by atoms with Gasteiger partial charge in [-0.1, -0.05) is 131 Å². The Hall–Kier alpha value is -3.01. The first-order valence-corrected chi connectivity index (χ1v) is 17.4. The average molecular weight is 634 g/mol. The van der Waals surface area contributed by atoms with Crippen LogP contribution in [0.5, 0.6) is 0 Å². The predicted octanol–water partition coefficient (Wildman–Crippen LogP) is 11.2. The molecule has 1 unspecified atom stereocenters. The molecular formula is C41H51NSiTi. The molecule has 0 bridgehead atoms. The van der Waals surface area contributed by atoms with Gasteiger partial charge < -0.3 is 5.73 Å². The van der Waals surface area contributed by atoms with Crippen LogP contribution in [0.2, 0.25) is 5.04 Å². The van der Waals surface area contributed by atoms with Crippen LogP contribution in [0, 0.1) is 19.9 Å².